The van der Waals surface area contributed by atoms with Crippen molar-refractivity contribution in [3.8, 4) is 0 Å². The molecule has 1 heterocycles. The Hall–Kier alpha value is -2.89. The highest BCUT2D eigenvalue weighted by Crippen LogP contribution is 2.30. The highest BCUT2D eigenvalue weighted by molar-refractivity contribution is 5.81. The largest absolute Gasteiger partial charge is 0.352 e. The highest BCUT2D eigenvalue weighted by Gasteiger charge is 2.34. The van der Waals surface area contributed by atoms with Gasteiger partial charge in [0, 0.05) is 37.2 Å². The number of amides is 3. The fraction of sp³-hybridized carbons (Fsp3) is 0.391. The Labute approximate surface area is 171 Å². The summed E-state index contributed by atoms with van der Waals surface area (Å²) in [6.45, 7) is 4.88. The Bertz CT molecular complexity index is 841. The summed E-state index contributed by atoms with van der Waals surface area (Å²) in [4.78, 5) is 27.2. The minimum atomic E-state index is -0.348. The standard InChI is InChI=1S/C23H28FN3O2/c1-16(2)26-23(29)27-14-19(17-8-4-3-5-9-17)12-20(15-27)22(28)25-13-18-10-6-7-11-21(18)24/h3-11,16,19-20H,12-15H2,1-2H3,(H,25,28)(H,26,29). The molecule has 1 aliphatic heterocycles. The second-order valence-corrected chi connectivity index (χ2v) is 7.86. The van der Waals surface area contributed by atoms with Crippen molar-refractivity contribution >= 4 is 11.9 Å². The van der Waals surface area contributed by atoms with Gasteiger partial charge in [0.25, 0.3) is 0 Å². The summed E-state index contributed by atoms with van der Waals surface area (Å²) >= 11 is 0. The van der Waals surface area contributed by atoms with Crippen molar-refractivity contribution in [2.75, 3.05) is 13.1 Å². The summed E-state index contributed by atoms with van der Waals surface area (Å²) in [6.07, 6.45) is 0.651. The van der Waals surface area contributed by atoms with Gasteiger partial charge in [0.1, 0.15) is 5.82 Å². The van der Waals surface area contributed by atoms with Crippen LogP contribution < -0.4 is 10.6 Å². The van der Waals surface area contributed by atoms with Gasteiger partial charge in [-0.05, 0) is 31.9 Å². The molecule has 0 aromatic heterocycles. The van der Waals surface area contributed by atoms with Gasteiger partial charge < -0.3 is 15.5 Å². The van der Waals surface area contributed by atoms with Gasteiger partial charge in [-0.3, -0.25) is 4.79 Å². The van der Waals surface area contributed by atoms with Crippen LogP contribution in [0.1, 0.15) is 37.3 Å². The van der Waals surface area contributed by atoms with E-state index in [-0.39, 0.29) is 42.2 Å². The van der Waals surface area contributed by atoms with E-state index in [1.807, 2.05) is 44.2 Å². The summed E-state index contributed by atoms with van der Waals surface area (Å²) in [7, 11) is 0. The van der Waals surface area contributed by atoms with E-state index in [0.717, 1.165) is 5.56 Å². The molecule has 2 aromatic carbocycles. The number of likely N-dealkylation sites (tertiary alicyclic amines) is 1. The monoisotopic (exact) mass is 397 g/mol. The third-order valence-corrected chi connectivity index (χ3v) is 5.20. The molecule has 0 saturated carbocycles. The van der Waals surface area contributed by atoms with Gasteiger partial charge in [-0.25, -0.2) is 9.18 Å². The number of urea groups is 1. The Balaban J connectivity index is 1.72. The zero-order valence-corrected chi connectivity index (χ0v) is 16.9. The molecule has 1 fully saturated rings. The Morgan fingerprint density at radius 1 is 1.07 bits per heavy atom. The fourth-order valence-electron chi connectivity index (χ4n) is 3.73. The quantitative estimate of drug-likeness (QED) is 0.809. The molecule has 1 aliphatic rings. The maximum Gasteiger partial charge on any atom is 0.317 e. The van der Waals surface area contributed by atoms with Crippen molar-refractivity contribution in [2.24, 2.45) is 5.92 Å². The number of hydrogen-bond acceptors (Lipinski definition) is 2. The van der Waals surface area contributed by atoms with E-state index in [1.165, 1.54) is 6.07 Å². The molecule has 5 nitrogen and oxygen atoms in total. The Morgan fingerprint density at radius 2 is 1.76 bits per heavy atom. The molecular weight excluding hydrogens is 369 g/mol. The van der Waals surface area contributed by atoms with Crippen LogP contribution in [-0.4, -0.2) is 36.0 Å². The molecule has 2 unspecified atom stereocenters. The molecule has 0 aliphatic carbocycles. The molecule has 2 atom stereocenters. The second kappa shape index (κ2) is 9.54. The first-order valence-electron chi connectivity index (χ1n) is 10.1. The third kappa shape index (κ3) is 5.56. The first kappa shape index (κ1) is 20.8. The lowest BCUT2D eigenvalue weighted by molar-refractivity contribution is -0.126. The molecule has 154 valence electrons. The topological polar surface area (TPSA) is 61.4 Å². The van der Waals surface area contributed by atoms with Crippen molar-refractivity contribution in [3.05, 3.63) is 71.5 Å². The van der Waals surface area contributed by atoms with E-state index >= 15 is 0 Å². The molecule has 6 heteroatoms. The number of nitrogens with zero attached hydrogens (tertiary/aromatic N) is 1. The average molecular weight is 397 g/mol. The van der Waals surface area contributed by atoms with E-state index in [2.05, 4.69) is 10.6 Å². The molecule has 0 bridgehead atoms. The van der Waals surface area contributed by atoms with Crippen LogP contribution in [0.5, 0.6) is 0 Å². The van der Waals surface area contributed by atoms with E-state index in [1.54, 1.807) is 23.1 Å². The van der Waals surface area contributed by atoms with Crippen molar-refractivity contribution in [1.82, 2.24) is 15.5 Å². The van der Waals surface area contributed by atoms with Crippen LogP contribution in [0.15, 0.2) is 54.6 Å². The molecule has 2 N–H and O–H groups in total. The minimum absolute atomic E-state index is 0.0212. The predicted molar refractivity (Wildman–Crippen MR) is 111 cm³/mol. The van der Waals surface area contributed by atoms with Crippen LogP contribution in [0, 0.1) is 11.7 Å². The van der Waals surface area contributed by atoms with Crippen molar-refractivity contribution < 1.29 is 14.0 Å². The van der Waals surface area contributed by atoms with Crippen molar-refractivity contribution in [2.45, 2.75) is 38.8 Å². The zero-order valence-electron chi connectivity index (χ0n) is 16.9. The number of benzene rings is 2. The summed E-state index contributed by atoms with van der Waals surface area (Å²) in [5.41, 5.74) is 1.56. The third-order valence-electron chi connectivity index (χ3n) is 5.20. The van der Waals surface area contributed by atoms with Gasteiger partial charge in [0.15, 0.2) is 0 Å². The Morgan fingerprint density at radius 3 is 2.45 bits per heavy atom. The maximum absolute atomic E-state index is 13.8. The lowest BCUT2D eigenvalue weighted by atomic mass is 9.84. The number of hydrogen-bond donors (Lipinski definition) is 2. The van der Waals surface area contributed by atoms with Crippen LogP contribution in [0.2, 0.25) is 0 Å². The first-order chi connectivity index (χ1) is 13.9. The highest BCUT2D eigenvalue weighted by atomic mass is 19.1. The zero-order chi connectivity index (χ0) is 20.8. The van der Waals surface area contributed by atoms with E-state index in [0.29, 0.717) is 25.1 Å². The van der Waals surface area contributed by atoms with Gasteiger partial charge >= 0.3 is 6.03 Å². The van der Waals surface area contributed by atoms with Crippen LogP contribution in [-0.2, 0) is 11.3 Å². The number of halogens is 1. The fourth-order valence-corrected chi connectivity index (χ4v) is 3.73. The van der Waals surface area contributed by atoms with Gasteiger partial charge in [-0.15, -0.1) is 0 Å². The number of carbonyl (C=O) groups excluding carboxylic acids is 2. The summed E-state index contributed by atoms with van der Waals surface area (Å²) in [5.74, 6) is -0.765. The maximum atomic E-state index is 13.8. The summed E-state index contributed by atoms with van der Waals surface area (Å²) < 4.78 is 13.8. The normalized spacial score (nSPS) is 19.1. The van der Waals surface area contributed by atoms with Gasteiger partial charge in [-0.1, -0.05) is 48.5 Å². The average Bonchev–Trinajstić information content (AvgIpc) is 2.72. The van der Waals surface area contributed by atoms with E-state index in [4.69, 9.17) is 0 Å². The SMILES string of the molecule is CC(C)NC(=O)N1CC(C(=O)NCc2ccccc2F)CC(c2ccccc2)C1. The molecule has 0 spiro atoms. The van der Waals surface area contributed by atoms with E-state index < -0.39 is 0 Å². The number of piperidine rings is 1. The smallest absolute Gasteiger partial charge is 0.317 e. The predicted octanol–water partition coefficient (Wildman–Crippen LogP) is 3.67. The summed E-state index contributed by atoms with van der Waals surface area (Å²) in [6, 6.07) is 16.2. The van der Waals surface area contributed by atoms with Crippen molar-refractivity contribution in [3.63, 3.8) is 0 Å². The van der Waals surface area contributed by atoms with Crippen LogP contribution in [0.3, 0.4) is 0 Å². The molecule has 1 saturated heterocycles. The number of carbonyl (C=O) groups is 2. The lowest BCUT2D eigenvalue weighted by Gasteiger charge is -2.37. The van der Waals surface area contributed by atoms with Gasteiger partial charge in [0.2, 0.25) is 5.91 Å². The molecule has 0 radical (unpaired) electrons. The first-order valence-corrected chi connectivity index (χ1v) is 10.1. The number of rotatable bonds is 5. The van der Waals surface area contributed by atoms with Gasteiger partial charge in [0.05, 0.1) is 5.92 Å². The molecule has 2 aromatic rings. The molecule has 3 rings (SSSR count). The molecule has 3 amide bonds. The van der Waals surface area contributed by atoms with Crippen LogP contribution in [0.25, 0.3) is 0 Å². The summed E-state index contributed by atoms with van der Waals surface area (Å²) in [5, 5.41) is 5.76. The van der Waals surface area contributed by atoms with E-state index in [9.17, 15) is 14.0 Å². The van der Waals surface area contributed by atoms with Gasteiger partial charge in [-0.2, -0.15) is 0 Å². The lowest BCUT2D eigenvalue weighted by Crippen LogP contribution is -2.52. The minimum Gasteiger partial charge on any atom is -0.352 e. The number of nitrogens with one attached hydrogen (secondary N) is 2. The molecular formula is C23H28FN3O2. The van der Waals surface area contributed by atoms with Crippen LogP contribution >= 0.6 is 0 Å². The van der Waals surface area contributed by atoms with Crippen molar-refractivity contribution in [1.29, 1.82) is 0 Å². The molecule has 29 heavy (non-hydrogen) atoms. The Kier molecular flexibility index (Phi) is 6.86. The van der Waals surface area contributed by atoms with Crippen LogP contribution in [0.4, 0.5) is 9.18 Å². The second-order valence-electron chi connectivity index (χ2n) is 7.86.